The third-order valence-electron chi connectivity index (χ3n) is 9.97. The number of rotatable bonds is 7. The van der Waals surface area contributed by atoms with Crippen LogP contribution in [0.5, 0.6) is 0 Å². The number of aromatic nitrogens is 9. The van der Waals surface area contributed by atoms with Crippen LogP contribution in [-0.2, 0) is 16.2 Å². The van der Waals surface area contributed by atoms with E-state index in [0.29, 0.717) is 40.8 Å². The summed E-state index contributed by atoms with van der Waals surface area (Å²) in [5.74, 6) is 5.71. The Bertz CT molecular complexity index is 2710. The maximum atomic E-state index is 5.16. The maximum Gasteiger partial charge on any atom is 0.164 e. The molecule has 3 heterocycles. The van der Waals surface area contributed by atoms with Crippen molar-refractivity contribution in [3.05, 3.63) is 151 Å². The normalized spacial score (nSPS) is 12.1. The van der Waals surface area contributed by atoms with E-state index in [2.05, 4.69) is 92.6 Å². The molecule has 60 heavy (non-hydrogen) atoms. The number of nitrogens with zero attached hydrogens (tertiary/aromatic N) is 9. The van der Waals surface area contributed by atoms with Gasteiger partial charge in [-0.15, -0.1) is 0 Å². The molecule has 0 amide bonds. The van der Waals surface area contributed by atoms with Gasteiger partial charge in [0.25, 0.3) is 0 Å². The highest BCUT2D eigenvalue weighted by Crippen LogP contribution is 2.37. The van der Waals surface area contributed by atoms with Crippen molar-refractivity contribution in [3.63, 3.8) is 0 Å². The quantitative estimate of drug-likeness (QED) is 0.156. The lowest BCUT2D eigenvalue weighted by molar-refractivity contribution is 0.497. The van der Waals surface area contributed by atoms with E-state index in [-0.39, 0.29) is 16.2 Å². The Kier molecular flexibility index (Phi) is 10.5. The van der Waals surface area contributed by atoms with E-state index in [9.17, 15) is 0 Å². The molecule has 0 N–H and O–H groups in total. The summed E-state index contributed by atoms with van der Waals surface area (Å²) in [6.07, 6.45) is 0. The first-order valence-corrected chi connectivity index (χ1v) is 20.3. The van der Waals surface area contributed by atoms with Gasteiger partial charge in [-0.05, 0) is 29.3 Å². The Morgan fingerprint density at radius 2 is 0.583 bits per heavy atom. The van der Waals surface area contributed by atoms with Gasteiger partial charge in [0, 0.05) is 49.6 Å². The Labute approximate surface area is 352 Å². The molecule has 9 heteroatoms. The number of hydrogen-bond donors (Lipinski definition) is 0. The van der Waals surface area contributed by atoms with Crippen LogP contribution < -0.4 is 0 Å². The zero-order chi connectivity index (χ0) is 42.2. The second kappa shape index (κ2) is 15.7. The van der Waals surface area contributed by atoms with Gasteiger partial charge < -0.3 is 0 Å². The number of hydrogen-bond acceptors (Lipinski definition) is 9. The Hall–Kier alpha value is -6.87. The predicted octanol–water partition coefficient (Wildman–Crippen LogP) is 11.8. The predicted molar refractivity (Wildman–Crippen MR) is 241 cm³/mol. The average Bonchev–Trinajstić information content (AvgIpc) is 3.26. The molecular formula is C51H49N9. The molecule has 0 aliphatic carbocycles. The van der Waals surface area contributed by atoms with Crippen LogP contribution in [0.15, 0.2) is 133 Å². The zero-order valence-electron chi connectivity index (χ0n) is 35.7. The van der Waals surface area contributed by atoms with Crippen LogP contribution in [0, 0.1) is 0 Å². The fourth-order valence-corrected chi connectivity index (χ4v) is 6.61. The highest BCUT2D eigenvalue weighted by Gasteiger charge is 2.27. The standard InChI is InChI=1S/C51H49N9/c1-49(2,3)46-56-42(35-26-19-27-36(30-35)44-58-47(50(4,5)6)60-48(59-44)51(7,8)9)53-43(57-46)37-28-29-38(39(31-37)32-20-13-10-14-21-32)45-54-40(33-22-15-11-16-23-33)52-41(55-45)34-24-17-12-18-25-34/h10-31H,1-9H3. The van der Waals surface area contributed by atoms with Crippen LogP contribution >= 0.6 is 0 Å². The van der Waals surface area contributed by atoms with E-state index in [4.69, 9.17) is 44.9 Å². The molecule has 5 aromatic carbocycles. The van der Waals surface area contributed by atoms with E-state index in [0.717, 1.165) is 56.2 Å². The van der Waals surface area contributed by atoms with E-state index >= 15 is 0 Å². The second-order valence-corrected chi connectivity index (χ2v) is 18.1. The van der Waals surface area contributed by atoms with Crippen molar-refractivity contribution in [1.82, 2.24) is 44.9 Å². The van der Waals surface area contributed by atoms with Crippen molar-refractivity contribution in [3.8, 4) is 79.5 Å². The third-order valence-corrected chi connectivity index (χ3v) is 9.97. The first-order valence-electron chi connectivity index (χ1n) is 20.3. The first kappa shape index (κ1) is 39.9. The van der Waals surface area contributed by atoms with Crippen LogP contribution in [0.1, 0.15) is 79.8 Å². The summed E-state index contributed by atoms with van der Waals surface area (Å²) in [4.78, 5) is 45.3. The van der Waals surface area contributed by atoms with Crippen LogP contribution in [0.25, 0.3) is 79.5 Å². The molecule has 3 aromatic heterocycles. The van der Waals surface area contributed by atoms with Crippen molar-refractivity contribution in [2.24, 2.45) is 0 Å². The molecule has 0 saturated heterocycles. The Morgan fingerprint density at radius 1 is 0.250 bits per heavy atom. The molecule has 0 aliphatic heterocycles. The van der Waals surface area contributed by atoms with Crippen molar-refractivity contribution in [2.75, 3.05) is 0 Å². The minimum absolute atomic E-state index is 0.258. The van der Waals surface area contributed by atoms with E-state index < -0.39 is 0 Å². The molecule has 9 nitrogen and oxygen atoms in total. The highest BCUT2D eigenvalue weighted by molar-refractivity contribution is 5.85. The van der Waals surface area contributed by atoms with Crippen LogP contribution in [0.4, 0.5) is 0 Å². The monoisotopic (exact) mass is 787 g/mol. The van der Waals surface area contributed by atoms with E-state index in [1.807, 2.05) is 103 Å². The van der Waals surface area contributed by atoms with E-state index in [1.165, 1.54) is 0 Å². The topological polar surface area (TPSA) is 116 Å². The van der Waals surface area contributed by atoms with Gasteiger partial charge in [-0.25, -0.2) is 44.9 Å². The number of benzene rings is 5. The SMILES string of the molecule is CC(C)(C)c1nc(-c2cccc(-c3nc(C(C)(C)C)nc(C(C)(C)C)n3)c2)nc(-c2ccc(-c3nc(-c4ccccc4)nc(-c4ccccc4)n3)c(-c3ccccc3)c2)n1. The van der Waals surface area contributed by atoms with Gasteiger partial charge in [0.15, 0.2) is 34.9 Å². The minimum Gasteiger partial charge on any atom is -0.217 e. The van der Waals surface area contributed by atoms with Gasteiger partial charge in [0.05, 0.1) is 0 Å². The molecule has 0 bridgehead atoms. The smallest absolute Gasteiger partial charge is 0.164 e. The maximum absolute atomic E-state index is 5.16. The average molecular weight is 788 g/mol. The summed E-state index contributed by atoms with van der Waals surface area (Å²) >= 11 is 0. The van der Waals surface area contributed by atoms with Gasteiger partial charge >= 0.3 is 0 Å². The zero-order valence-corrected chi connectivity index (χ0v) is 35.7. The largest absolute Gasteiger partial charge is 0.217 e. The van der Waals surface area contributed by atoms with Crippen LogP contribution in [0.3, 0.4) is 0 Å². The molecule has 8 aromatic rings. The highest BCUT2D eigenvalue weighted by atomic mass is 15.1. The van der Waals surface area contributed by atoms with Crippen molar-refractivity contribution in [1.29, 1.82) is 0 Å². The molecule has 8 rings (SSSR count). The summed E-state index contributed by atoms with van der Waals surface area (Å²) in [5, 5.41) is 0. The second-order valence-electron chi connectivity index (χ2n) is 18.1. The summed E-state index contributed by atoms with van der Waals surface area (Å²) in [6.45, 7) is 19.1. The van der Waals surface area contributed by atoms with E-state index in [1.54, 1.807) is 0 Å². The van der Waals surface area contributed by atoms with Gasteiger partial charge in [0.2, 0.25) is 0 Å². The lowest BCUT2D eigenvalue weighted by Crippen LogP contribution is -2.24. The van der Waals surface area contributed by atoms with Crippen molar-refractivity contribution < 1.29 is 0 Å². The van der Waals surface area contributed by atoms with Gasteiger partial charge in [-0.3, -0.25) is 0 Å². The fourth-order valence-electron chi connectivity index (χ4n) is 6.61. The molecule has 0 spiro atoms. The summed E-state index contributed by atoms with van der Waals surface area (Å²) in [7, 11) is 0. The molecule has 0 aliphatic rings. The minimum atomic E-state index is -0.365. The van der Waals surface area contributed by atoms with Gasteiger partial charge in [0.1, 0.15) is 17.5 Å². The molecule has 298 valence electrons. The molecule has 0 radical (unpaired) electrons. The van der Waals surface area contributed by atoms with Crippen LogP contribution in [-0.4, -0.2) is 44.9 Å². The summed E-state index contributed by atoms with van der Waals surface area (Å²) in [6, 6.07) is 44.7. The molecular weight excluding hydrogens is 739 g/mol. The van der Waals surface area contributed by atoms with Crippen molar-refractivity contribution in [2.45, 2.75) is 78.6 Å². The first-order chi connectivity index (χ1) is 28.6. The third kappa shape index (κ3) is 8.61. The fraction of sp³-hybridized carbons (Fsp3) is 0.235. The Morgan fingerprint density at radius 3 is 1.02 bits per heavy atom. The summed E-state index contributed by atoms with van der Waals surface area (Å²) in [5.41, 5.74) is 6.29. The Balaban J connectivity index is 1.28. The molecule has 0 saturated carbocycles. The lowest BCUT2D eigenvalue weighted by Gasteiger charge is -2.22. The van der Waals surface area contributed by atoms with Gasteiger partial charge in [-0.1, -0.05) is 178 Å². The lowest BCUT2D eigenvalue weighted by atomic mass is 9.93. The van der Waals surface area contributed by atoms with Crippen molar-refractivity contribution >= 4 is 0 Å². The van der Waals surface area contributed by atoms with Crippen LogP contribution in [0.2, 0.25) is 0 Å². The molecule has 0 fully saturated rings. The molecule has 0 unspecified atom stereocenters. The molecule has 0 atom stereocenters. The van der Waals surface area contributed by atoms with Gasteiger partial charge in [-0.2, -0.15) is 0 Å². The summed E-state index contributed by atoms with van der Waals surface area (Å²) < 4.78 is 0.